The van der Waals surface area contributed by atoms with Gasteiger partial charge < -0.3 is 11.5 Å². The minimum Gasteiger partial charge on any atom is -0.399 e. The normalized spacial score (nSPS) is 11.3. The summed E-state index contributed by atoms with van der Waals surface area (Å²) >= 11 is 0. The number of nitrogen functional groups attached to an aromatic ring is 2. The SMILES string of the molecule is C[n+]1c(-c2ccccc2)c2cc(N=NNc3cccc(C(=N)N)c3)ccc2c2ccc(N)cc21. The average molecular weight is 447 g/mol. The van der Waals surface area contributed by atoms with E-state index in [-0.39, 0.29) is 5.84 Å². The molecule has 4 aromatic carbocycles. The van der Waals surface area contributed by atoms with Crippen molar-refractivity contribution in [3.63, 3.8) is 0 Å². The molecule has 0 bridgehead atoms. The number of benzene rings is 4. The van der Waals surface area contributed by atoms with Crippen molar-refractivity contribution in [3.8, 4) is 11.3 Å². The van der Waals surface area contributed by atoms with Crippen molar-refractivity contribution in [3.05, 3.63) is 96.6 Å². The molecule has 0 radical (unpaired) electrons. The molecule has 1 heterocycles. The van der Waals surface area contributed by atoms with Gasteiger partial charge in [0.2, 0.25) is 11.2 Å². The van der Waals surface area contributed by atoms with Crippen LogP contribution < -0.4 is 21.5 Å². The molecule has 0 saturated carbocycles. The predicted molar refractivity (Wildman–Crippen MR) is 138 cm³/mol. The number of pyridine rings is 1. The summed E-state index contributed by atoms with van der Waals surface area (Å²) in [6.45, 7) is 0. The molecule has 7 heteroatoms. The second kappa shape index (κ2) is 8.63. The van der Waals surface area contributed by atoms with Gasteiger partial charge in [0.15, 0.2) is 0 Å². The Bertz CT molecular complexity index is 1570. The monoisotopic (exact) mass is 446 g/mol. The van der Waals surface area contributed by atoms with Gasteiger partial charge in [-0.1, -0.05) is 41.6 Å². The topological polar surface area (TPSA) is 117 Å². The quantitative estimate of drug-likeness (QED) is 0.0546. The van der Waals surface area contributed by atoms with Crippen LogP contribution in [-0.4, -0.2) is 5.84 Å². The zero-order chi connectivity index (χ0) is 23.7. The Morgan fingerprint density at radius 3 is 2.44 bits per heavy atom. The van der Waals surface area contributed by atoms with Gasteiger partial charge in [-0.15, -0.1) is 5.11 Å². The van der Waals surface area contributed by atoms with E-state index in [0.717, 1.165) is 44.3 Å². The maximum Gasteiger partial charge on any atom is 0.220 e. The highest BCUT2D eigenvalue weighted by Gasteiger charge is 2.21. The molecule has 6 N–H and O–H groups in total. The second-order valence-corrected chi connectivity index (χ2v) is 8.09. The molecule has 0 saturated heterocycles. The van der Waals surface area contributed by atoms with Crippen molar-refractivity contribution in [1.29, 1.82) is 5.41 Å². The van der Waals surface area contributed by atoms with Crippen LogP contribution in [-0.2, 0) is 7.05 Å². The highest BCUT2D eigenvalue weighted by atomic mass is 15.4. The lowest BCUT2D eigenvalue weighted by molar-refractivity contribution is -0.632. The molecule has 5 rings (SSSR count). The van der Waals surface area contributed by atoms with Gasteiger partial charge in [-0.2, -0.15) is 4.57 Å². The fourth-order valence-electron chi connectivity index (χ4n) is 4.22. The van der Waals surface area contributed by atoms with Gasteiger partial charge in [0.25, 0.3) is 0 Å². The Balaban J connectivity index is 1.61. The maximum atomic E-state index is 7.58. The summed E-state index contributed by atoms with van der Waals surface area (Å²) in [5.41, 5.74) is 20.6. The van der Waals surface area contributed by atoms with Crippen molar-refractivity contribution >= 4 is 44.6 Å². The van der Waals surface area contributed by atoms with E-state index in [2.05, 4.69) is 51.6 Å². The number of rotatable bonds is 5. The number of anilines is 2. The van der Waals surface area contributed by atoms with E-state index in [0.29, 0.717) is 11.3 Å². The Kier molecular flexibility index (Phi) is 5.35. The Hall–Kier alpha value is -4.78. The van der Waals surface area contributed by atoms with Crippen LogP contribution in [0.25, 0.3) is 32.9 Å². The number of hydrogen-bond acceptors (Lipinski definition) is 4. The largest absolute Gasteiger partial charge is 0.399 e. The third kappa shape index (κ3) is 3.91. The van der Waals surface area contributed by atoms with Gasteiger partial charge in [0, 0.05) is 28.3 Å². The van der Waals surface area contributed by atoms with Crippen LogP contribution in [0.2, 0.25) is 0 Å². The zero-order valence-electron chi connectivity index (χ0n) is 18.7. The summed E-state index contributed by atoms with van der Waals surface area (Å²) < 4.78 is 2.18. The van der Waals surface area contributed by atoms with Crippen molar-refractivity contribution in [1.82, 2.24) is 0 Å². The lowest BCUT2D eigenvalue weighted by Gasteiger charge is -2.10. The summed E-state index contributed by atoms with van der Waals surface area (Å²) in [6, 6.07) is 29.5. The van der Waals surface area contributed by atoms with Crippen LogP contribution in [0.1, 0.15) is 5.56 Å². The van der Waals surface area contributed by atoms with E-state index in [4.69, 9.17) is 16.9 Å². The summed E-state index contributed by atoms with van der Waals surface area (Å²) in [7, 11) is 2.06. The molecule has 0 aliphatic carbocycles. The summed E-state index contributed by atoms with van der Waals surface area (Å²) in [4.78, 5) is 0. The summed E-state index contributed by atoms with van der Waals surface area (Å²) in [5, 5.41) is 19.4. The smallest absolute Gasteiger partial charge is 0.220 e. The molecule has 1 aromatic heterocycles. The van der Waals surface area contributed by atoms with Crippen LogP contribution in [0.5, 0.6) is 0 Å². The number of amidine groups is 1. The van der Waals surface area contributed by atoms with E-state index < -0.39 is 0 Å². The van der Waals surface area contributed by atoms with Crippen molar-refractivity contribution in [2.45, 2.75) is 0 Å². The van der Waals surface area contributed by atoms with E-state index >= 15 is 0 Å². The fraction of sp³-hybridized carbons (Fsp3) is 0.0370. The Labute approximate surface area is 196 Å². The molecule has 0 spiro atoms. The van der Waals surface area contributed by atoms with Crippen molar-refractivity contribution < 1.29 is 4.57 Å². The molecule has 0 aliphatic rings. The van der Waals surface area contributed by atoms with E-state index in [1.807, 2.05) is 54.6 Å². The first-order chi connectivity index (χ1) is 16.5. The van der Waals surface area contributed by atoms with Gasteiger partial charge in [-0.05, 0) is 48.5 Å². The van der Waals surface area contributed by atoms with Gasteiger partial charge in [0.1, 0.15) is 12.9 Å². The average Bonchev–Trinajstić information content (AvgIpc) is 2.85. The van der Waals surface area contributed by atoms with E-state index in [1.165, 1.54) is 0 Å². The molecule has 34 heavy (non-hydrogen) atoms. The minimum absolute atomic E-state index is 0.00501. The molecule has 0 aliphatic heterocycles. The number of nitrogens with zero attached hydrogens (tertiary/aromatic N) is 3. The molecule has 7 nitrogen and oxygen atoms in total. The number of nitrogens with two attached hydrogens (primary N) is 2. The van der Waals surface area contributed by atoms with Crippen LogP contribution in [0.3, 0.4) is 0 Å². The van der Waals surface area contributed by atoms with Crippen molar-refractivity contribution in [2.24, 2.45) is 23.1 Å². The van der Waals surface area contributed by atoms with Gasteiger partial charge in [-0.25, -0.2) is 0 Å². The molecular weight excluding hydrogens is 422 g/mol. The molecule has 0 unspecified atom stereocenters. The molecule has 0 amide bonds. The minimum atomic E-state index is 0.00501. The number of fused-ring (bicyclic) bond motifs is 3. The summed E-state index contributed by atoms with van der Waals surface area (Å²) in [5.74, 6) is 0.00501. The third-order valence-electron chi connectivity index (χ3n) is 5.83. The highest BCUT2D eigenvalue weighted by molar-refractivity contribution is 6.10. The molecule has 0 fully saturated rings. The van der Waals surface area contributed by atoms with Crippen LogP contribution >= 0.6 is 0 Å². The van der Waals surface area contributed by atoms with E-state index in [9.17, 15) is 0 Å². The first-order valence-electron chi connectivity index (χ1n) is 10.8. The molecule has 166 valence electrons. The first kappa shape index (κ1) is 21.1. The van der Waals surface area contributed by atoms with Crippen LogP contribution in [0, 0.1) is 5.41 Å². The summed E-state index contributed by atoms with van der Waals surface area (Å²) in [6.07, 6.45) is 0. The van der Waals surface area contributed by atoms with Gasteiger partial charge in [-0.3, -0.25) is 10.8 Å². The number of aryl methyl sites for hydroxylation is 1. The van der Waals surface area contributed by atoms with E-state index in [1.54, 1.807) is 12.1 Å². The molecule has 0 atom stereocenters. The van der Waals surface area contributed by atoms with Crippen LogP contribution in [0.15, 0.2) is 101 Å². The van der Waals surface area contributed by atoms with Crippen molar-refractivity contribution in [2.75, 3.05) is 11.2 Å². The standard InChI is InChI=1S/C27H23N7/c1-34-25-15-19(28)10-12-23(25)22-13-11-21(16-24(22)26(34)17-6-3-2-4-7-17)32-33-31-20-9-5-8-18(14-20)27(29)30/h2-16,28H,1H3,(H4,29,30,31,32)/p+1. The highest BCUT2D eigenvalue weighted by Crippen LogP contribution is 2.34. The second-order valence-electron chi connectivity index (χ2n) is 8.09. The molecule has 5 aromatic rings. The van der Waals surface area contributed by atoms with Gasteiger partial charge >= 0.3 is 0 Å². The first-order valence-corrected chi connectivity index (χ1v) is 10.8. The Morgan fingerprint density at radius 1 is 0.853 bits per heavy atom. The number of hydrogen-bond donors (Lipinski definition) is 4. The fourth-order valence-corrected chi connectivity index (χ4v) is 4.22. The third-order valence-corrected chi connectivity index (χ3v) is 5.83. The predicted octanol–water partition coefficient (Wildman–Crippen LogP) is 5.46. The number of aromatic nitrogens is 1. The van der Waals surface area contributed by atoms with Crippen LogP contribution in [0.4, 0.5) is 17.1 Å². The zero-order valence-corrected chi connectivity index (χ0v) is 18.7. The lowest BCUT2D eigenvalue weighted by atomic mass is 9.98. The molecular formula is C27H24N7+. The maximum absolute atomic E-state index is 7.58. The lowest BCUT2D eigenvalue weighted by Crippen LogP contribution is -2.32. The number of nitrogens with one attached hydrogen (secondary N) is 2. The van der Waals surface area contributed by atoms with Gasteiger partial charge in [0.05, 0.1) is 22.1 Å². The Morgan fingerprint density at radius 2 is 1.65 bits per heavy atom.